The first kappa shape index (κ1) is 14.9. The number of methoxy groups -OCH3 is 1. The first-order valence-electron chi connectivity index (χ1n) is 6.46. The highest BCUT2D eigenvalue weighted by atomic mass is 79.9. The van der Waals surface area contributed by atoms with Crippen LogP contribution in [0.4, 0.5) is 11.4 Å². The minimum atomic E-state index is 0.00925. The van der Waals surface area contributed by atoms with E-state index >= 15 is 0 Å². The van der Waals surface area contributed by atoms with Crippen LogP contribution in [0.2, 0.25) is 0 Å². The van der Waals surface area contributed by atoms with E-state index in [1.165, 1.54) is 0 Å². The largest absolute Gasteiger partial charge is 0.495 e. The summed E-state index contributed by atoms with van der Waals surface area (Å²) in [5, 5.41) is 0. The van der Waals surface area contributed by atoms with Crippen LogP contribution in [0.25, 0.3) is 0 Å². The molecule has 0 radical (unpaired) electrons. The molecule has 20 heavy (non-hydrogen) atoms. The highest BCUT2D eigenvalue weighted by Crippen LogP contribution is 2.34. The summed E-state index contributed by atoms with van der Waals surface area (Å²) in [6.45, 7) is 1.98. The Morgan fingerprint density at radius 1 is 1.20 bits per heavy atom. The smallest absolute Gasteiger partial charge is 0.142 e. The minimum absolute atomic E-state index is 0.00925. The molecule has 2 rings (SSSR count). The lowest BCUT2D eigenvalue weighted by Gasteiger charge is -2.23. The van der Waals surface area contributed by atoms with Gasteiger partial charge in [0.2, 0.25) is 0 Å². The Morgan fingerprint density at radius 2 is 1.90 bits per heavy atom. The zero-order valence-corrected chi connectivity index (χ0v) is 13.5. The normalized spacial score (nSPS) is 12.1. The van der Waals surface area contributed by atoms with Gasteiger partial charge in [0.05, 0.1) is 12.8 Å². The van der Waals surface area contributed by atoms with E-state index < -0.39 is 0 Å². The van der Waals surface area contributed by atoms with Gasteiger partial charge in [-0.25, -0.2) is 0 Å². The molecule has 0 bridgehead atoms. The molecule has 3 nitrogen and oxygen atoms in total. The summed E-state index contributed by atoms with van der Waals surface area (Å²) in [6.07, 6.45) is 0. The third kappa shape index (κ3) is 2.97. The summed E-state index contributed by atoms with van der Waals surface area (Å²) in [7, 11) is 3.70. The van der Waals surface area contributed by atoms with Gasteiger partial charge < -0.3 is 15.4 Å². The van der Waals surface area contributed by atoms with Gasteiger partial charge in [-0.2, -0.15) is 0 Å². The Balaban J connectivity index is 2.38. The second-order valence-electron chi connectivity index (χ2n) is 4.73. The number of para-hydroxylation sites is 2. The highest BCUT2D eigenvalue weighted by Gasteiger charge is 2.12. The Morgan fingerprint density at radius 3 is 2.50 bits per heavy atom. The van der Waals surface area contributed by atoms with Crippen molar-refractivity contribution in [1.29, 1.82) is 0 Å². The number of hydrogen-bond donors (Lipinski definition) is 1. The molecule has 0 saturated heterocycles. The molecule has 2 aromatic carbocycles. The molecule has 1 atom stereocenters. The number of ether oxygens (including phenoxy) is 1. The van der Waals surface area contributed by atoms with Crippen LogP contribution in [0.15, 0.2) is 46.9 Å². The van der Waals surface area contributed by atoms with Gasteiger partial charge in [-0.1, -0.05) is 34.1 Å². The topological polar surface area (TPSA) is 38.5 Å². The van der Waals surface area contributed by atoms with Crippen LogP contribution in [0.1, 0.15) is 18.5 Å². The molecule has 2 aromatic rings. The summed E-state index contributed by atoms with van der Waals surface area (Å²) < 4.78 is 6.43. The molecule has 0 heterocycles. The van der Waals surface area contributed by atoms with Crippen LogP contribution in [0.5, 0.6) is 5.75 Å². The van der Waals surface area contributed by atoms with E-state index in [0.717, 1.165) is 27.2 Å². The van der Waals surface area contributed by atoms with E-state index in [1.54, 1.807) is 7.11 Å². The molecule has 0 aromatic heterocycles. The number of nitrogens with zero attached hydrogens (tertiary/aromatic N) is 1. The van der Waals surface area contributed by atoms with E-state index in [-0.39, 0.29) is 6.04 Å². The van der Waals surface area contributed by atoms with E-state index in [0.29, 0.717) is 0 Å². The maximum atomic E-state index is 5.93. The summed E-state index contributed by atoms with van der Waals surface area (Å²) in [4.78, 5) is 2.09. The summed E-state index contributed by atoms with van der Waals surface area (Å²) in [6, 6.07) is 14.2. The quantitative estimate of drug-likeness (QED) is 0.908. The van der Waals surface area contributed by atoms with Crippen LogP contribution in [-0.2, 0) is 0 Å². The Kier molecular flexibility index (Phi) is 4.68. The standard InChI is InChI=1S/C16H19BrN2O/c1-11(18)13-9-8-12(10-14(13)17)19(2)15-6-4-5-7-16(15)20-3/h4-11H,18H2,1-3H3. The van der Waals surface area contributed by atoms with Gasteiger partial charge in [0, 0.05) is 23.2 Å². The molecule has 1 unspecified atom stereocenters. The highest BCUT2D eigenvalue weighted by molar-refractivity contribution is 9.10. The van der Waals surface area contributed by atoms with E-state index in [4.69, 9.17) is 10.5 Å². The van der Waals surface area contributed by atoms with Gasteiger partial charge in [-0.3, -0.25) is 0 Å². The van der Waals surface area contributed by atoms with Crippen molar-refractivity contribution in [1.82, 2.24) is 0 Å². The molecule has 106 valence electrons. The number of halogens is 1. The van der Waals surface area contributed by atoms with Crippen molar-refractivity contribution in [2.45, 2.75) is 13.0 Å². The van der Waals surface area contributed by atoms with Crippen molar-refractivity contribution < 1.29 is 4.74 Å². The minimum Gasteiger partial charge on any atom is -0.495 e. The lowest BCUT2D eigenvalue weighted by molar-refractivity contribution is 0.415. The van der Waals surface area contributed by atoms with Gasteiger partial charge in [0.1, 0.15) is 5.75 Å². The fourth-order valence-corrected chi connectivity index (χ4v) is 2.87. The Labute approximate surface area is 128 Å². The van der Waals surface area contributed by atoms with Gasteiger partial charge in [-0.15, -0.1) is 0 Å². The predicted octanol–water partition coefficient (Wildman–Crippen LogP) is 4.25. The summed E-state index contributed by atoms with van der Waals surface area (Å²) in [5.41, 5.74) is 9.13. The number of nitrogens with two attached hydrogens (primary N) is 1. The average Bonchev–Trinajstić information content (AvgIpc) is 2.45. The van der Waals surface area contributed by atoms with E-state index in [2.05, 4.69) is 39.0 Å². The van der Waals surface area contributed by atoms with Crippen molar-refractivity contribution in [3.63, 3.8) is 0 Å². The van der Waals surface area contributed by atoms with E-state index in [9.17, 15) is 0 Å². The molecule has 0 amide bonds. The second-order valence-corrected chi connectivity index (χ2v) is 5.58. The number of benzene rings is 2. The molecule has 0 aliphatic rings. The molecule has 0 saturated carbocycles. The average molecular weight is 335 g/mol. The first-order chi connectivity index (χ1) is 9.54. The Hall–Kier alpha value is -1.52. The van der Waals surface area contributed by atoms with Crippen LogP contribution >= 0.6 is 15.9 Å². The second kappa shape index (κ2) is 6.29. The first-order valence-corrected chi connectivity index (χ1v) is 7.25. The van der Waals surface area contributed by atoms with Crippen molar-refractivity contribution in [3.05, 3.63) is 52.5 Å². The van der Waals surface area contributed by atoms with Gasteiger partial charge in [-0.05, 0) is 36.8 Å². The monoisotopic (exact) mass is 334 g/mol. The SMILES string of the molecule is COc1ccccc1N(C)c1ccc(C(C)N)c(Br)c1. The lowest BCUT2D eigenvalue weighted by Crippen LogP contribution is -2.12. The van der Waals surface area contributed by atoms with Crippen molar-refractivity contribution >= 4 is 27.3 Å². The maximum absolute atomic E-state index is 5.93. The third-order valence-corrected chi connectivity index (χ3v) is 4.00. The number of anilines is 2. The van der Waals surface area contributed by atoms with Crippen LogP contribution < -0.4 is 15.4 Å². The fourth-order valence-electron chi connectivity index (χ4n) is 2.14. The van der Waals surface area contributed by atoms with E-state index in [1.807, 2.05) is 38.2 Å². The third-order valence-electron chi connectivity index (χ3n) is 3.31. The predicted molar refractivity (Wildman–Crippen MR) is 87.8 cm³/mol. The van der Waals surface area contributed by atoms with Crippen molar-refractivity contribution in [2.75, 3.05) is 19.1 Å². The van der Waals surface area contributed by atoms with Gasteiger partial charge in [0.25, 0.3) is 0 Å². The van der Waals surface area contributed by atoms with Crippen LogP contribution in [-0.4, -0.2) is 14.2 Å². The zero-order chi connectivity index (χ0) is 14.7. The molecule has 0 aliphatic carbocycles. The summed E-state index contributed by atoms with van der Waals surface area (Å²) in [5.74, 6) is 0.849. The Bertz CT molecular complexity index is 599. The fraction of sp³-hybridized carbons (Fsp3) is 0.250. The molecule has 0 aliphatic heterocycles. The molecular formula is C16H19BrN2O. The molecular weight excluding hydrogens is 316 g/mol. The van der Waals surface area contributed by atoms with Crippen molar-refractivity contribution in [3.8, 4) is 5.75 Å². The maximum Gasteiger partial charge on any atom is 0.142 e. The molecule has 2 N–H and O–H groups in total. The number of rotatable bonds is 4. The van der Waals surface area contributed by atoms with Crippen molar-refractivity contribution in [2.24, 2.45) is 5.73 Å². The summed E-state index contributed by atoms with van der Waals surface area (Å²) >= 11 is 3.59. The molecule has 0 fully saturated rings. The number of hydrogen-bond acceptors (Lipinski definition) is 3. The molecule has 0 spiro atoms. The van der Waals surface area contributed by atoms with Crippen LogP contribution in [0.3, 0.4) is 0 Å². The molecule has 4 heteroatoms. The van der Waals surface area contributed by atoms with Gasteiger partial charge in [0.15, 0.2) is 0 Å². The zero-order valence-electron chi connectivity index (χ0n) is 11.9. The van der Waals surface area contributed by atoms with Gasteiger partial charge >= 0.3 is 0 Å². The lowest BCUT2D eigenvalue weighted by atomic mass is 10.1. The van der Waals surface area contributed by atoms with Crippen LogP contribution in [0, 0.1) is 0 Å².